The summed E-state index contributed by atoms with van der Waals surface area (Å²) in [6.45, 7) is 3.67. The van der Waals surface area contributed by atoms with Gasteiger partial charge in [0.1, 0.15) is 0 Å². The summed E-state index contributed by atoms with van der Waals surface area (Å²) in [5.41, 5.74) is 1.43. The van der Waals surface area contributed by atoms with Gasteiger partial charge in [0, 0.05) is 37.8 Å². The number of carbonyl (C=O) groups excluding carboxylic acids is 2. The predicted molar refractivity (Wildman–Crippen MR) is 118 cm³/mol. The number of hydrogen-bond donors (Lipinski definition) is 1. The number of benzene rings is 2. The molecule has 1 aromatic heterocycles. The Balaban J connectivity index is 1.34. The molecule has 2 aromatic carbocycles. The fourth-order valence-corrected chi connectivity index (χ4v) is 3.56. The van der Waals surface area contributed by atoms with Gasteiger partial charge in [-0.25, -0.2) is 9.48 Å². The van der Waals surface area contributed by atoms with E-state index in [1.165, 1.54) is 7.05 Å². The topological polar surface area (TPSA) is 103 Å². The van der Waals surface area contributed by atoms with Gasteiger partial charge in [-0.15, -0.1) is 0 Å². The van der Waals surface area contributed by atoms with Gasteiger partial charge in [-0.05, 0) is 23.8 Å². The Morgan fingerprint density at radius 2 is 1.75 bits per heavy atom. The number of ether oxygens (including phenoxy) is 2. The number of aryl methyl sites for hydroxylation is 1. The molecule has 166 valence electrons. The average Bonchev–Trinajstić information content (AvgIpc) is 2.82. The molecule has 3 aromatic rings. The summed E-state index contributed by atoms with van der Waals surface area (Å²) in [4.78, 5) is 39.3. The first-order valence-corrected chi connectivity index (χ1v) is 10.3. The lowest BCUT2D eigenvalue weighted by atomic mass is 10.1. The van der Waals surface area contributed by atoms with Crippen LogP contribution >= 0.6 is 0 Å². The van der Waals surface area contributed by atoms with Crippen LogP contribution in [0.4, 0.5) is 5.69 Å². The van der Waals surface area contributed by atoms with Crippen LogP contribution in [0.5, 0.6) is 0 Å². The molecule has 1 aliphatic heterocycles. The standard InChI is InChI=1S/C23H24N4O5/c1-26-22(29)19-5-3-2-4-18(19)21(25-26)23(30)32-15-20(28)24-17-8-6-16(7-9-17)14-27-10-12-31-13-11-27/h2-9H,10-15H2,1H3,(H,24,28). The molecule has 4 rings (SSSR count). The molecule has 0 spiro atoms. The highest BCUT2D eigenvalue weighted by Gasteiger charge is 2.18. The van der Waals surface area contributed by atoms with E-state index >= 15 is 0 Å². The molecule has 9 nitrogen and oxygen atoms in total. The van der Waals surface area contributed by atoms with E-state index in [1.54, 1.807) is 24.3 Å². The molecule has 32 heavy (non-hydrogen) atoms. The summed E-state index contributed by atoms with van der Waals surface area (Å²) in [6.07, 6.45) is 0. The molecular formula is C23H24N4O5. The van der Waals surface area contributed by atoms with E-state index in [2.05, 4.69) is 15.3 Å². The van der Waals surface area contributed by atoms with Gasteiger partial charge in [0.2, 0.25) is 0 Å². The highest BCUT2D eigenvalue weighted by molar-refractivity contribution is 6.03. The Morgan fingerprint density at radius 3 is 2.47 bits per heavy atom. The van der Waals surface area contributed by atoms with Crippen molar-refractivity contribution in [2.75, 3.05) is 38.2 Å². The van der Waals surface area contributed by atoms with Crippen molar-refractivity contribution in [2.24, 2.45) is 7.05 Å². The number of nitrogens with zero attached hydrogens (tertiary/aromatic N) is 3. The maximum atomic E-state index is 12.5. The number of anilines is 1. The zero-order valence-corrected chi connectivity index (χ0v) is 17.7. The Hall–Kier alpha value is -3.56. The molecule has 0 radical (unpaired) electrons. The summed E-state index contributed by atoms with van der Waals surface area (Å²) < 4.78 is 11.6. The fraction of sp³-hybridized carbons (Fsp3) is 0.304. The molecular weight excluding hydrogens is 412 g/mol. The second kappa shape index (κ2) is 9.71. The fourth-order valence-electron chi connectivity index (χ4n) is 3.56. The largest absolute Gasteiger partial charge is 0.451 e. The molecule has 0 atom stereocenters. The van der Waals surface area contributed by atoms with Gasteiger partial charge in [0.05, 0.1) is 18.6 Å². The molecule has 2 heterocycles. The molecule has 1 fully saturated rings. The van der Waals surface area contributed by atoms with Crippen LogP contribution in [0.1, 0.15) is 16.1 Å². The third-order valence-corrected chi connectivity index (χ3v) is 5.23. The highest BCUT2D eigenvalue weighted by Crippen LogP contribution is 2.15. The van der Waals surface area contributed by atoms with Crippen molar-refractivity contribution in [3.05, 3.63) is 70.1 Å². The lowest BCUT2D eigenvalue weighted by Gasteiger charge is -2.26. The number of carbonyl (C=O) groups is 2. The molecule has 1 saturated heterocycles. The quantitative estimate of drug-likeness (QED) is 0.585. The number of morpholine rings is 1. The Labute approximate surface area is 184 Å². The van der Waals surface area contributed by atoms with E-state index in [4.69, 9.17) is 9.47 Å². The minimum absolute atomic E-state index is 0.0111. The molecule has 0 unspecified atom stereocenters. The average molecular weight is 436 g/mol. The number of esters is 1. The lowest BCUT2D eigenvalue weighted by Crippen LogP contribution is -2.35. The first-order chi connectivity index (χ1) is 15.5. The Bertz CT molecular complexity index is 1180. The zero-order valence-electron chi connectivity index (χ0n) is 17.7. The van der Waals surface area contributed by atoms with E-state index in [0.29, 0.717) is 16.5 Å². The van der Waals surface area contributed by atoms with Crippen molar-refractivity contribution in [1.29, 1.82) is 0 Å². The first kappa shape index (κ1) is 21.7. The van der Waals surface area contributed by atoms with Gasteiger partial charge in [-0.1, -0.05) is 30.3 Å². The van der Waals surface area contributed by atoms with Crippen LogP contribution in [0.3, 0.4) is 0 Å². The van der Waals surface area contributed by atoms with Gasteiger partial charge >= 0.3 is 5.97 Å². The normalized spacial score (nSPS) is 14.3. The number of nitrogens with one attached hydrogen (secondary N) is 1. The number of hydrogen-bond acceptors (Lipinski definition) is 7. The van der Waals surface area contributed by atoms with Crippen molar-refractivity contribution in [3.8, 4) is 0 Å². The van der Waals surface area contributed by atoms with Crippen molar-refractivity contribution in [2.45, 2.75) is 6.54 Å². The maximum absolute atomic E-state index is 12.5. The maximum Gasteiger partial charge on any atom is 0.359 e. The number of aromatic nitrogens is 2. The molecule has 1 aliphatic rings. The first-order valence-electron chi connectivity index (χ1n) is 10.3. The monoisotopic (exact) mass is 436 g/mol. The van der Waals surface area contributed by atoms with E-state index in [9.17, 15) is 14.4 Å². The van der Waals surface area contributed by atoms with Crippen LogP contribution in [0, 0.1) is 0 Å². The van der Waals surface area contributed by atoms with Crippen LogP contribution in [0.25, 0.3) is 10.8 Å². The van der Waals surface area contributed by atoms with Crippen molar-refractivity contribution >= 4 is 28.3 Å². The Kier molecular flexibility index (Phi) is 6.58. The summed E-state index contributed by atoms with van der Waals surface area (Å²) in [5, 5.41) is 7.46. The predicted octanol–water partition coefficient (Wildman–Crippen LogP) is 1.56. The highest BCUT2D eigenvalue weighted by atomic mass is 16.5. The van der Waals surface area contributed by atoms with Crippen molar-refractivity contribution in [1.82, 2.24) is 14.7 Å². The van der Waals surface area contributed by atoms with Gasteiger partial charge < -0.3 is 14.8 Å². The summed E-state index contributed by atoms with van der Waals surface area (Å²) in [6, 6.07) is 14.2. The van der Waals surface area contributed by atoms with Crippen LogP contribution in [-0.2, 0) is 27.9 Å². The lowest BCUT2D eigenvalue weighted by molar-refractivity contribution is -0.119. The second-order valence-corrected chi connectivity index (χ2v) is 7.53. The van der Waals surface area contributed by atoms with E-state index in [1.807, 2.05) is 24.3 Å². The smallest absolute Gasteiger partial charge is 0.359 e. The van der Waals surface area contributed by atoms with E-state index < -0.39 is 18.5 Å². The Morgan fingerprint density at radius 1 is 1.06 bits per heavy atom. The minimum Gasteiger partial charge on any atom is -0.451 e. The zero-order chi connectivity index (χ0) is 22.5. The third kappa shape index (κ3) is 5.01. The minimum atomic E-state index is -0.771. The van der Waals surface area contributed by atoms with Crippen molar-refractivity contribution in [3.63, 3.8) is 0 Å². The summed E-state index contributed by atoms with van der Waals surface area (Å²) >= 11 is 0. The van der Waals surface area contributed by atoms with Crippen LogP contribution in [0.2, 0.25) is 0 Å². The van der Waals surface area contributed by atoms with Crippen LogP contribution in [-0.4, -0.2) is 59.5 Å². The van der Waals surface area contributed by atoms with E-state index in [-0.39, 0.29) is 11.3 Å². The number of rotatable bonds is 6. The second-order valence-electron chi connectivity index (χ2n) is 7.53. The molecule has 1 N–H and O–H groups in total. The third-order valence-electron chi connectivity index (χ3n) is 5.23. The van der Waals surface area contributed by atoms with Crippen LogP contribution in [0.15, 0.2) is 53.3 Å². The SMILES string of the molecule is Cn1nc(C(=O)OCC(=O)Nc2ccc(CN3CCOCC3)cc2)c2ccccc2c1=O. The molecule has 9 heteroatoms. The van der Waals surface area contributed by atoms with Crippen LogP contribution < -0.4 is 10.9 Å². The van der Waals surface area contributed by atoms with Gasteiger partial charge in [0.25, 0.3) is 11.5 Å². The molecule has 0 saturated carbocycles. The van der Waals surface area contributed by atoms with Gasteiger partial charge in [-0.3, -0.25) is 14.5 Å². The van der Waals surface area contributed by atoms with Gasteiger partial charge in [-0.2, -0.15) is 5.10 Å². The molecule has 1 amide bonds. The van der Waals surface area contributed by atoms with Gasteiger partial charge in [0.15, 0.2) is 12.3 Å². The number of fused-ring (bicyclic) bond motifs is 1. The summed E-state index contributed by atoms with van der Waals surface area (Å²) in [5.74, 6) is -1.23. The number of amides is 1. The molecule has 0 bridgehead atoms. The van der Waals surface area contributed by atoms with Crippen molar-refractivity contribution < 1.29 is 19.1 Å². The molecule has 0 aliphatic carbocycles. The summed E-state index contributed by atoms with van der Waals surface area (Å²) in [7, 11) is 1.46. The van der Waals surface area contributed by atoms with E-state index in [0.717, 1.165) is 43.1 Å².